The first-order chi connectivity index (χ1) is 12.9. The molecule has 0 atom stereocenters. The van der Waals surface area contributed by atoms with Crippen LogP contribution in [0.2, 0.25) is 0 Å². The maximum Gasteiger partial charge on any atom is 0.229 e. The predicted molar refractivity (Wildman–Crippen MR) is 101 cm³/mol. The Labute approximate surface area is 159 Å². The van der Waals surface area contributed by atoms with Crippen molar-refractivity contribution in [3.8, 4) is 0 Å². The summed E-state index contributed by atoms with van der Waals surface area (Å²) in [7, 11) is -1.38. The molecule has 0 unspecified atom stereocenters. The number of benzene rings is 1. The second-order valence-corrected chi connectivity index (χ2v) is 9.81. The second kappa shape index (κ2) is 6.76. The number of rotatable bonds is 7. The Hall–Kier alpha value is -2.19. The number of hydrogen-bond donors (Lipinski definition) is 1. The molecule has 7 nitrogen and oxygen atoms in total. The van der Waals surface area contributed by atoms with E-state index in [1.165, 1.54) is 4.31 Å². The minimum atomic E-state index is -3.25. The van der Waals surface area contributed by atoms with Crippen molar-refractivity contribution in [3.63, 3.8) is 0 Å². The van der Waals surface area contributed by atoms with Gasteiger partial charge in [-0.25, -0.2) is 13.4 Å². The number of sulfonamides is 1. The Bertz CT molecular complexity index is 929. The third-order valence-electron chi connectivity index (χ3n) is 5.46. The van der Waals surface area contributed by atoms with Gasteiger partial charge in [0.1, 0.15) is 5.82 Å². The van der Waals surface area contributed by atoms with Gasteiger partial charge in [0.25, 0.3) is 0 Å². The molecule has 1 saturated carbocycles. The van der Waals surface area contributed by atoms with Crippen molar-refractivity contribution in [1.29, 1.82) is 0 Å². The zero-order valence-corrected chi connectivity index (χ0v) is 16.2. The molecule has 2 aliphatic rings. The number of amides is 1. The molecule has 0 spiro atoms. The molecule has 27 heavy (non-hydrogen) atoms. The van der Waals surface area contributed by atoms with Crippen LogP contribution in [0.15, 0.2) is 42.7 Å². The van der Waals surface area contributed by atoms with Gasteiger partial charge in [0, 0.05) is 32.5 Å². The van der Waals surface area contributed by atoms with Crippen LogP contribution in [0.1, 0.15) is 24.2 Å². The Kier molecular flexibility index (Phi) is 4.55. The molecule has 1 aromatic carbocycles. The molecule has 1 amide bonds. The number of imidazole rings is 1. The monoisotopic (exact) mass is 388 g/mol. The van der Waals surface area contributed by atoms with E-state index < -0.39 is 15.4 Å². The average molecular weight is 388 g/mol. The lowest BCUT2D eigenvalue weighted by atomic mass is 9.75. The van der Waals surface area contributed by atoms with Gasteiger partial charge >= 0.3 is 0 Å². The third-order valence-corrected chi connectivity index (χ3v) is 7.75. The molecule has 1 aromatic heterocycles. The highest BCUT2D eigenvalue weighted by atomic mass is 32.2. The van der Waals surface area contributed by atoms with Crippen molar-refractivity contribution in [2.45, 2.75) is 31.1 Å². The fourth-order valence-corrected chi connectivity index (χ4v) is 5.63. The van der Waals surface area contributed by atoms with E-state index in [2.05, 4.69) is 10.3 Å². The Morgan fingerprint density at radius 1 is 1.26 bits per heavy atom. The van der Waals surface area contributed by atoms with E-state index in [9.17, 15) is 13.2 Å². The van der Waals surface area contributed by atoms with Crippen LogP contribution in [0.5, 0.6) is 0 Å². The highest BCUT2D eigenvalue weighted by Crippen LogP contribution is 2.41. The number of nitrogens with one attached hydrogen (secondary N) is 1. The predicted octanol–water partition coefficient (Wildman–Crippen LogP) is 1.07. The minimum absolute atomic E-state index is 0.114. The van der Waals surface area contributed by atoms with Crippen LogP contribution in [0.4, 0.5) is 0 Å². The Morgan fingerprint density at radius 2 is 1.96 bits per heavy atom. The first-order valence-electron chi connectivity index (χ1n) is 9.18. The van der Waals surface area contributed by atoms with E-state index in [4.69, 9.17) is 0 Å². The maximum absolute atomic E-state index is 13.0. The molecule has 8 heteroatoms. The molecule has 2 aromatic rings. The highest BCUT2D eigenvalue weighted by molar-refractivity contribution is 7.90. The number of nitrogens with zero attached hydrogens (tertiary/aromatic N) is 3. The number of carbonyl (C=O) groups excluding carboxylic acids is 1. The Morgan fingerprint density at radius 3 is 2.56 bits per heavy atom. The fourth-order valence-electron chi connectivity index (χ4n) is 3.62. The van der Waals surface area contributed by atoms with Gasteiger partial charge in [-0.2, -0.15) is 4.31 Å². The summed E-state index contributed by atoms with van der Waals surface area (Å²) in [6, 6.07) is 9.76. The average Bonchev–Trinajstić information content (AvgIpc) is 3.40. The van der Waals surface area contributed by atoms with Crippen molar-refractivity contribution >= 4 is 15.9 Å². The Balaban J connectivity index is 1.50. The van der Waals surface area contributed by atoms with Crippen LogP contribution in [0.3, 0.4) is 0 Å². The zero-order valence-electron chi connectivity index (χ0n) is 15.3. The van der Waals surface area contributed by atoms with Gasteiger partial charge in [-0.15, -0.1) is 0 Å². The van der Waals surface area contributed by atoms with Gasteiger partial charge in [-0.1, -0.05) is 30.3 Å². The molecule has 0 bridgehead atoms. The SMILES string of the molecule is Cn1ccnc1CNC(=O)C1(Cc2ccccc2)CN(S(=O)(=O)C2CC2)C1. The van der Waals surface area contributed by atoms with E-state index in [1.54, 1.807) is 6.20 Å². The van der Waals surface area contributed by atoms with Gasteiger partial charge in [0.05, 0.1) is 17.2 Å². The van der Waals surface area contributed by atoms with E-state index in [0.29, 0.717) is 13.0 Å². The molecule has 2 heterocycles. The maximum atomic E-state index is 13.0. The third kappa shape index (κ3) is 3.51. The van der Waals surface area contributed by atoms with Gasteiger partial charge in [0.15, 0.2) is 0 Å². The highest BCUT2D eigenvalue weighted by Gasteiger charge is 2.55. The molecule has 1 saturated heterocycles. The van der Waals surface area contributed by atoms with Gasteiger partial charge in [-0.3, -0.25) is 4.79 Å². The smallest absolute Gasteiger partial charge is 0.229 e. The van der Waals surface area contributed by atoms with E-state index in [0.717, 1.165) is 24.2 Å². The summed E-state index contributed by atoms with van der Waals surface area (Å²) in [5.74, 6) is 0.650. The first-order valence-corrected chi connectivity index (χ1v) is 10.7. The lowest BCUT2D eigenvalue weighted by Gasteiger charge is -2.48. The molecule has 4 rings (SSSR count). The van der Waals surface area contributed by atoms with Gasteiger partial charge in [0.2, 0.25) is 15.9 Å². The lowest BCUT2D eigenvalue weighted by molar-refractivity contribution is -0.137. The largest absolute Gasteiger partial charge is 0.348 e. The zero-order chi connectivity index (χ0) is 19.1. The number of aromatic nitrogens is 2. The van der Waals surface area contributed by atoms with E-state index in [1.807, 2.05) is 48.1 Å². The van der Waals surface area contributed by atoms with Crippen molar-refractivity contribution in [1.82, 2.24) is 19.2 Å². The summed E-state index contributed by atoms with van der Waals surface area (Å²) >= 11 is 0. The van der Waals surface area contributed by atoms with E-state index in [-0.39, 0.29) is 24.2 Å². The van der Waals surface area contributed by atoms with Crippen LogP contribution in [0.25, 0.3) is 0 Å². The number of carbonyl (C=O) groups is 1. The van der Waals surface area contributed by atoms with Gasteiger partial charge < -0.3 is 9.88 Å². The molecule has 144 valence electrons. The van der Waals surface area contributed by atoms with Crippen LogP contribution < -0.4 is 5.32 Å². The van der Waals surface area contributed by atoms with Crippen molar-refractivity contribution in [2.24, 2.45) is 12.5 Å². The number of aryl methyl sites for hydroxylation is 1. The summed E-state index contributed by atoms with van der Waals surface area (Å²) in [5, 5.41) is 2.71. The summed E-state index contributed by atoms with van der Waals surface area (Å²) in [4.78, 5) is 17.3. The fraction of sp³-hybridized carbons (Fsp3) is 0.474. The summed E-state index contributed by atoms with van der Waals surface area (Å²) < 4.78 is 28.4. The molecular weight excluding hydrogens is 364 g/mol. The minimum Gasteiger partial charge on any atom is -0.348 e. The number of hydrogen-bond acceptors (Lipinski definition) is 4. The molecule has 1 N–H and O–H groups in total. The van der Waals surface area contributed by atoms with Crippen molar-refractivity contribution in [3.05, 3.63) is 54.1 Å². The quantitative estimate of drug-likeness (QED) is 0.769. The molecule has 1 aliphatic carbocycles. The van der Waals surface area contributed by atoms with Crippen LogP contribution in [0, 0.1) is 5.41 Å². The van der Waals surface area contributed by atoms with Crippen molar-refractivity contribution < 1.29 is 13.2 Å². The normalized spacial score (nSPS) is 19.4. The molecular formula is C19H24N4O3S. The standard InChI is InChI=1S/C19H24N4O3S/c1-22-10-9-20-17(22)12-21-18(24)19(11-15-5-3-2-4-6-15)13-23(14-19)27(25,26)16-7-8-16/h2-6,9-10,16H,7-8,11-14H2,1H3,(H,21,24). The first kappa shape index (κ1) is 18.2. The summed E-state index contributed by atoms with van der Waals surface area (Å²) in [6.45, 7) is 0.814. The van der Waals surface area contributed by atoms with Crippen LogP contribution >= 0.6 is 0 Å². The summed E-state index contributed by atoms with van der Waals surface area (Å²) in [5.41, 5.74) is 0.308. The molecule has 0 radical (unpaired) electrons. The van der Waals surface area contributed by atoms with Gasteiger partial charge in [-0.05, 0) is 24.8 Å². The summed E-state index contributed by atoms with van der Waals surface area (Å²) in [6.07, 6.45) is 5.51. The van der Waals surface area contributed by atoms with Crippen LogP contribution in [-0.2, 0) is 34.8 Å². The lowest BCUT2D eigenvalue weighted by Crippen LogP contribution is -2.65. The topological polar surface area (TPSA) is 84.3 Å². The second-order valence-electron chi connectivity index (χ2n) is 7.59. The van der Waals surface area contributed by atoms with E-state index >= 15 is 0 Å². The van der Waals surface area contributed by atoms with Crippen LogP contribution in [-0.4, -0.2) is 46.5 Å². The molecule has 1 aliphatic heterocycles. The molecule has 2 fully saturated rings. The van der Waals surface area contributed by atoms with Crippen molar-refractivity contribution in [2.75, 3.05) is 13.1 Å².